The van der Waals surface area contributed by atoms with Crippen molar-refractivity contribution in [2.45, 2.75) is 19.9 Å². The zero-order valence-corrected chi connectivity index (χ0v) is 8.17. The summed E-state index contributed by atoms with van der Waals surface area (Å²) < 4.78 is 0. The van der Waals surface area contributed by atoms with Gasteiger partial charge in [-0.15, -0.1) is 12.4 Å². The molecular weight excluding hydrogens is 200 g/mol. The van der Waals surface area contributed by atoms with E-state index in [-0.39, 0.29) is 18.3 Å². The molecule has 78 valence electrons. The average Bonchev–Trinajstić information content (AvgIpc) is 1.98. The highest BCUT2D eigenvalue weighted by Crippen LogP contribution is 2.00. The number of hydrogen-bond donors (Lipinski definition) is 2. The van der Waals surface area contributed by atoms with Crippen LogP contribution in [-0.4, -0.2) is 18.1 Å². The van der Waals surface area contributed by atoms with Crippen LogP contribution in [0.3, 0.4) is 0 Å². The minimum absolute atomic E-state index is 0. The molecule has 0 aromatic heterocycles. The van der Waals surface area contributed by atoms with Crippen molar-refractivity contribution in [2.24, 2.45) is 17.4 Å². The van der Waals surface area contributed by atoms with Gasteiger partial charge in [-0.25, -0.2) is 19.4 Å². The molecule has 13 heavy (non-hydrogen) atoms. The van der Waals surface area contributed by atoms with E-state index in [0.717, 1.165) is 0 Å². The van der Waals surface area contributed by atoms with E-state index >= 15 is 0 Å². The molecule has 6 nitrogen and oxygen atoms in total. The highest BCUT2D eigenvalue weighted by atomic mass is 35.5. The standard InChI is InChI=1S/C6H12N2O4.ClH/c1-3(2)4(7)5(9)11-12-6(8)10;/h3-4H,7H2,1-2H3,(H2,8,10);1H. The molecule has 0 rings (SSSR count). The van der Waals surface area contributed by atoms with Gasteiger partial charge in [-0.2, -0.15) is 0 Å². The summed E-state index contributed by atoms with van der Waals surface area (Å²) >= 11 is 0. The van der Waals surface area contributed by atoms with Gasteiger partial charge in [0.05, 0.1) is 0 Å². The second kappa shape index (κ2) is 6.50. The van der Waals surface area contributed by atoms with E-state index in [4.69, 9.17) is 5.73 Å². The van der Waals surface area contributed by atoms with Crippen LogP contribution in [0, 0.1) is 5.92 Å². The minimum Gasteiger partial charge on any atom is -0.332 e. The van der Waals surface area contributed by atoms with Crippen LogP contribution in [-0.2, 0) is 14.6 Å². The number of carbonyl (C=O) groups excluding carboxylic acids is 2. The van der Waals surface area contributed by atoms with Crippen molar-refractivity contribution in [2.75, 3.05) is 0 Å². The van der Waals surface area contributed by atoms with E-state index in [1.54, 1.807) is 13.8 Å². The van der Waals surface area contributed by atoms with Crippen LogP contribution < -0.4 is 11.5 Å². The van der Waals surface area contributed by atoms with Crippen molar-refractivity contribution >= 4 is 24.5 Å². The fourth-order valence-corrected chi connectivity index (χ4v) is 0.410. The maximum Gasteiger partial charge on any atom is 0.447 e. The third kappa shape index (κ3) is 6.18. The summed E-state index contributed by atoms with van der Waals surface area (Å²) in [6.07, 6.45) is -1.18. The first kappa shape index (κ1) is 14.5. The summed E-state index contributed by atoms with van der Waals surface area (Å²) in [7, 11) is 0. The molecular formula is C6H13ClN2O4. The van der Waals surface area contributed by atoms with Gasteiger partial charge in [0.15, 0.2) is 0 Å². The predicted molar refractivity (Wildman–Crippen MR) is 46.8 cm³/mol. The maximum absolute atomic E-state index is 10.8. The molecule has 0 heterocycles. The van der Waals surface area contributed by atoms with Gasteiger partial charge in [0.25, 0.3) is 0 Å². The third-order valence-corrected chi connectivity index (χ3v) is 1.20. The number of rotatable bonds is 2. The largest absolute Gasteiger partial charge is 0.447 e. The van der Waals surface area contributed by atoms with Crippen LogP contribution in [0.25, 0.3) is 0 Å². The molecule has 1 atom stereocenters. The molecule has 7 heteroatoms. The second-order valence-electron chi connectivity index (χ2n) is 2.57. The van der Waals surface area contributed by atoms with Gasteiger partial charge in [-0.05, 0) is 5.92 Å². The lowest BCUT2D eigenvalue weighted by Gasteiger charge is -2.11. The van der Waals surface area contributed by atoms with E-state index in [0.29, 0.717) is 0 Å². The molecule has 0 saturated heterocycles. The van der Waals surface area contributed by atoms with Gasteiger partial charge in [0, 0.05) is 0 Å². The Morgan fingerprint density at radius 3 is 2.00 bits per heavy atom. The SMILES string of the molecule is CC(C)C(N)C(=O)OOC(N)=O.Cl. The molecule has 0 aliphatic heterocycles. The summed E-state index contributed by atoms with van der Waals surface area (Å²) in [5.41, 5.74) is 9.88. The van der Waals surface area contributed by atoms with Crippen molar-refractivity contribution in [3.63, 3.8) is 0 Å². The van der Waals surface area contributed by atoms with Crippen molar-refractivity contribution in [1.29, 1.82) is 0 Å². The topological polar surface area (TPSA) is 105 Å². The van der Waals surface area contributed by atoms with Crippen LogP contribution in [0.1, 0.15) is 13.8 Å². The van der Waals surface area contributed by atoms with Crippen molar-refractivity contribution in [3.05, 3.63) is 0 Å². The van der Waals surface area contributed by atoms with Crippen LogP contribution in [0.4, 0.5) is 4.79 Å². The normalized spacial score (nSPS) is 11.4. The summed E-state index contributed by atoms with van der Waals surface area (Å²) in [5.74, 6) is -0.905. The zero-order chi connectivity index (χ0) is 9.72. The molecule has 4 N–H and O–H groups in total. The number of amides is 1. The summed E-state index contributed by atoms with van der Waals surface area (Å²) in [5, 5.41) is 0. The number of halogens is 1. The molecule has 0 aliphatic rings. The summed E-state index contributed by atoms with van der Waals surface area (Å²) in [4.78, 5) is 28.6. The molecule has 1 unspecified atom stereocenters. The minimum atomic E-state index is -1.18. The fraction of sp³-hybridized carbons (Fsp3) is 0.667. The quantitative estimate of drug-likeness (QED) is 0.493. The molecule has 0 bridgehead atoms. The van der Waals surface area contributed by atoms with Gasteiger partial charge in [0.2, 0.25) is 0 Å². The lowest BCUT2D eigenvalue weighted by atomic mass is 10.1. The molecule has 1 amide bonds. The molecule has 0 radical (unpaired) electrons. The number of hydrogen-bond acceptors (Lipinski definition) is 5. The van der Waals surface area contributed by atoms with Gasteiger partial charge in [-0.3, -0.25) is 0 Å². The first-order valence-corrected chi connectivity index (χ1v) is 3.38. The Morgan fingerprint density at radius 2 is 1.69 bits per heavy atom. The van der Waals surface area contributed by atoms with Gasteiger partial charge < -0.3 is 11.5 Å². The Kier molecular flexibility index (Phi) is 7.26. The summed E-state index contributed by atoms with van der Waals surface area (Å²) in [6, 6.07) is -0.815. The average molecular weight is 213 g/mol. The summed E-state index contributed by atoms with van der Waals surface area (Å²) in [6.45, 7) is 3.46. The maximum atomic E-state index is 10.8. The fourth-order valence-electron chi connectivity index (χ4n) is 0.410. The third-order valence-electron chi connectivity index (χ3n) is 1.20. The monoisotopic (exact) mass is 212 g/mol. The van der Waals surface area contributed by atoms with Gasteiger partial charge in [-0.1, -0.05) is 13.8 Å². The molecule has 0 saturated carbocycles. The smallest absolute Gasteiger partial charge is 0.332 e. The lowest BCUT2D eigenvalue weighted by molar-refractivity contribution is -0.233. The van der Waals surface area contributed by atoms with Crippen LogP contribution in [0.15, 0.2) is 0 Å². The first-order valence-electron chi connectivity index (χ1n) is 3.38. The first-order chi connectivity index (χ1) is 5.45. The van der Waals surface area contributed by atoms with Gasteiger partial charge >= 0.3 is 12.1 Å². The van der Waals surface area contributed by atoms with E-state index in [1.165, 1.54) is 0 Å². The second-order valence-corrected chi connectivity index (χ2v) is 2.57. The Hall–Kier alpha value is -1.01. The Labute approximate surface area is 81.9 Å². The molecule has 0 fully saturated rings. The Morgan fingerprint density at radius 1 is 1.23 bits per heavy atom. The van der Waals surface area contributed by atoms with Crippen molar-refractivity contribution in [1.82, 2.24) is 0 Å². The van der Waals surface area contributed by atoms with Crippen LogP contribution >= 0.6 is 12.4 Å². The molecule has 0 aliphatic carbocycles. The van der Waals surface area contributed by atoms with Crippen LogP contribution in [0.5, 0.6) is 0 Å². The lowest BCUT2D eigenvalue weighted by Crippen LogP contribution is -2.37. The van der Waals surface area contributed by atoms with Crippen molar-refractivity contribution < 1.29 is 19.4 Å². The number of primary amides is 1. The Balaban J connectivity index is 0. The Bertz CT molecular complexity index is 185. The molecule has 0 aromatic rings. The molecule has 0 spiro atoms. The van der Waals surface area contributed by atoms with E-state index in [9.17, 15) is 9.59 Å². The van der Waals surface area contributed by atoms with E-state index < -0.39 is 18.1 Å². The predicted octanol–water partition coefficient (Wildman–Crippen LogP) is -0.0550. The zero-order valence-electron chi connectivity index (χ0n) is 7.35. The highest BCUT2D eigenvalue weighted by molar-refractivity contribution is 5.85. The number of nitrogens with two attached hydrogens (primary N) is 2. The van der Waals surface area contributed by atoms with Crippen LogP contribution in [0.2, 0.25) is 0 Å². The number of carbonyl (C=O) groups is 2. The highest BCUT2D eigenvalue weighted by Gasteiger charge is 2.20. The van der Waals surface area contributed by atoms with E-state index in [1.807, 2.05) is 0 Å². The van der Waals surface area contributed by atoms with Crippen molar-refractivity contribution in [3.8, 4) is 0 Å². The van der Waals surface area contributed by atoms with E-state index in [2.05, 4.69) is 15.5 Å². The molecule has 0 aromatic carbocycles. The van der Waals surface area contributed by atoms with Gasteiger partial charge in [0.1, 0.15) is 6.04 Å².